The normalized spacial score (nSPS) is 26.6. The highest BCUT2D eigenvalue weighted by Gasteiger charge is 2.37. The van der Waals surface area contributed by atoms with E-state index in [1.54, 1.807) is 20.8 Å². The van der Waals surface area contributed by atoms with Crippen molar-refractivity contribution in [1.29, 1.82) is 0 Å². The maximum absolute atomic E-state index is 12.0. The summed E-state index contributed by atoms with van der Waals surface area (Å²) in [5.41, 5.74) is 5.32. The predicted octanol–water partition coefficient (Wildman–Crippen LogP) is 0.729. The van der Waals surface area contributed by atoms with Crippen LogP contribution in [0, 0.1) is 11.3 Å². The molecule has 1 aliphatic carbocycles. The van der Waals surface area contributed by atoms with Crippen LogP contribution in [-0.4, -0.2) is 29.1 Å². The molecular formula is C12H22N2O3. The minimum Gasteiger partial charge on any atom is -0.480 e. The Bertz CT molecular complexity index is 309. The van der Waals surface area contributed by atoms with Gasteiger partial charge in [-0.05, 0) is 18.3 Å². The molecule has 4 N–H and O–H groups in total. The Kier molecular flexibility index (Phi) is 4.14. The van der Waals surface area contributed by atoms with Crippen LogP contribution in [0.2, 0.25) is 0 Å². The van der Waals surface area contributed by atoms with Gasteiger partial charge in [0.2, 0.25) is 5.91 Å². The first-order valence-corrected chi connectivity index (χ1v) is 6.02. The molecule has 0 bridgehead atoms. The van der Waals surface area contributed by atoms with Gasteiger partial charge in [-0.1, -0.05) is 27.2 Å². The second kappa shape index (κ2) is 5.04. The molecule has 1 rings (SSSR count). The SMILES string of the molecule is CC(C)(C)C(NC(=O)C1CCCC1N)C(=O)O. The maximum Gasteiger partial charge on any atom is 0.326 e. The topological polar surface area (TPSA) is 92.4 Å². The zero-order chi connectivity index (χ0) is 13.2. The van der Waals surface area contributed by atoms with E-state index in [-0.39, 0.29) is 17.9 Å². The molecule has 17 heavy (non-hydrogen) atoms. The first-order valence-electron chi connectivity index (χ1n) is 6.02. The molecule has 0 heterocycles. The van der Waals surface area contributed by atoms with Crippen molar-refractivity contribution >= 4 is 11.9 Å². The van der Waals surface area contributed by atoms with Gasteiger partial charge in [-0.15, -0.1) is 0 Å². The van der Waals surface area contributed by atoms with Gasteiger partial charge in [0.25, 0.3) is 0 Å². The number of aliphatic carboxylic acids is 1. The maximum atomic E-state index is 12.0. The number of amides is 1. The molecule has 5 nitrogen and oxygen atoms in total. The third-order valence-corrected chi connectivity index (χ3v) is 3.31. The summed E-state index contributed by atoms with van der Waals surface area (Å²) >= 11 is 0. The lowest BCUT2D eigenvalue weighted by Crippen LogP contribution is -2.52. The van der Waals surface area contributed by atoms with Gasteiger partial charge in [-0.25, -0.2) is 4.79 Å². The molecule has 3 atom stereocenters. The Balaban J connectivity index is 2.68. The number of carboxylic acid groups (broad SMARTS) is 1. The Morgan fingerprint density at radius 1 is 1.35 bits per heavy atom. The average Bonchev–Trinajstić information content (AvgIpc) is 2.58. The van der Waals surface area contributed by atoms with E-state index in [0.717, 1.165) is 19.3 Å². The third-order valence-electron chi connectivity index (χ3n) is 3.31. The number of nitrogens with two attached hydrogens (primary N) is 1. The summed E-state index contributed by atoms with van der Waals surface area (Å²) in [4.78, 5) is 23.1. The van der Waals surface area contributed by atoms with Gasteiger partial charge >= 0.3 is 5.97 Å². The fourth-order valence-corrected chi connectivity index (χ4v) is 2.21. The fourth-order valence-electron chi connectivity index (χ4n) is 2.21. The molecule has 1 aliphatic rings. The lowest BCUT2D eigenvalue weighted by Gasteiger charge is -2.29. The first-order chi connectivity index (χ1) is 7.73. The molecule has 1 saturated carbocycles. The van der Waals surface area contributed by atoms with Crippen molar-refractivity contribution in [1.82, 2.24) is 5.32 Å². The van der Waals surface area contributed by atoms with Crippen molar-refractivity contribution < 1.29 is 14.7 Å². The highest BCUT2D eigenvalue weighted by molar-refractivity contribution is 5.86. The molecule has 1 fully saturated rings. The standard InChI is InChI=1S/C12H22N2O3/c1-12(2,3)9(11(16)17)14-10(15)7-5-4-6-8(7)13/h7-9H,4-6,13H2,1-3H3,(H,14,15)(H,16,17). The van der Waals surface area contributed by atoms with Crippen molar-refractivity contribution in [2.24, 2.45) is 17.1 Å². The smallest absolute Gasteiger partial charge is 0.326 e. The van der Waals surface area contributed by atoms with E-state index in [2.05, 4.69) is 5.32 Å². The highest BCUT2D eigenvalue weighted by Crippen LogP contribution is 2.26. The molecule has 0 aromatic carbocycles. The van der Waals surface area contributed by atoms with Gasteiger partial charge in [0.1, 0.15) is 6.04 Å². The lowest BCUT2D eigenvalue weighted by atomic mass is 9.86. The third kappa shape index (κ3) is 3.43. The van der Waals surface area contributed by atoms with Crippen molar-refractivity contribution in [3.63, 3.8) is 0 Å². The Morgan fingerprint density at radius 3 is 2.29 bits per heavy atom. The number of nitrogens with one attached hydrogen (secondary N) is 1. The van der Waals surface area contributed by atoms with Gasteiger partial charge in [-0.2, -0.15) is 0 Å². The molecule has 0 spiro atoms. The van der Waals surface area contributed by atoms with Gasteiger partial charge < -0.3 is 16.2 Å². The van der Waals surface area contributed by atoms with Crippen molar-refractivity contribution in [3.8, 4) is 0 Å². The molecular weight excluding hydrogens is 220 g/mol. The predicted molar refractivity (Wildman–Crippen MR) is 64.3 cm³/mol. The summed E-state index contributed by atoms with van der Waals surface area (Å²) in [6.07, 6.45) is 2.53. The Hall–Kier alpha value is -1.10. The van der Waals surface area contributed by atoms with Crippen LogP contribution < -0.4 is 11.1 Å². The molecule has 0 aromatic heterocycles. The van der Waals surface area contributed by atoms with Crippen LogP contribution in [0.5, 0.6) is 0 Å². The number of hydrogen-bond acceptors (Lipinski definition) is 3. The average molecular weight is 242 g/mol. The zero-order valence-corrected chi connectivity index (χ0v) is 10.7. The minimum atomic E-state index is -1.00. The summed E-state index contributed by atoms with van der Waals surface area (Å²) in [7, 11) is 0. The summed E-state index contributed by atoms with van der Waals surface area (Å²) in [5.74, 6) is -1.46. The molecule has 3 unspecified atom stereocenters. The van der Waals surface area contributed by atoms with E-state index in [4.69, 9.17) is 10.8 Å². The summed E-state index contributed by atoms with van der Waals surface area (Å²) in [6.45, 7) is 5.38. The largest absolute Gasteiger partial charge is 0.480 e. The molecule has 98 valence electrons. The van der Waals surface area contributed by atoms with Crippen LogP contribution in [0.4, 0.5) is 0 Å². The summed E-state index contributed by atoms with van der Waals surface area (Å²) in [6, 6.07) is -1.01. The van der Waals surface area contributed by atoms with Crippen molar-refractivity contribution in [3.05, 3.63) is 0 Å². The minimum absolute atomic E-state index is 0.135. The van der Waals surface area contributed by atoms with E-state index in [1.165, 1.54) is 0 Å². The van der Waals surface area contributed by atoms with Crippen LogP contribution in [0.25, 0.3) is 0 Å². The van der Waals surface area contributed by atoms with Crippen molar-refractivity contribution in [2.45, 2.75) is 52.1 Å². The number of rotatable bonds is 3. The van der Waals surface area contributed by atoms with Crippen LogP contribution in [0.3, 0.4) is 0 Å². The molecule has 0 saturated heterocycles. The summed E-state index contributed by atoms with van der Waals surface area (Å²) in [5, 5.41) is 11.7. The molecule has 0 aromatic rings. The second-order valence-electron chi connectivity index (χ2n) is 5.85. The number of carbonyl (C=O) groups excluding carboxylic acids is 1. The van der Waals surface area contributed by atoms with Crippen LogP contribution in [0.15, 0.2) is 0 Å². The summed E-state index contributed by atoms with van der Waals surface area (Å²) < 4.78 is 0. The van der Waals surface area contributed by atoms with E-state index in [1.807, 2.05) is 0 Å². The highest BCUT2D eigenvalue weighted by atomic mass is 16.4. The van der Waals surface area contributed by atoms with Gasteiger partial charge in [-0.3, -0.25) is 4.79 Å². The lowest BCUT2D eigenvalue weighted by molar-refractivity contribution is -0.145. The van der Waals surface area contributed by atoms with Crippen LogP contribution in [-0.2, 0) is 9.59 Å². The van der Waals surface area contributed by atoms with Gasteiger partial charge in [0, 0.05) is 6.04 Å². The number of carbonyl (C=O) groups is 2. The Labute approximate surface area is 102 Å². The van der Waals surface area contributed by atoms with Crippen LogP contribution in [0.1, 0.15) is 40.0 Å². The number of hydrogen-bond donors (Lipinski definition) is 3. The van der Waals surface area contributed by atoms with Gasteiger partial charge in [0.05, 0.1) is 5.92 Å². The monoisotopic (exact) mass is 242 g/mol. The molecule has 0 aliphatic heterocycles. The first kappa shape index (κ1) is 14.0. The van der Waals surface area contributed by atoms with Crippen molar-refractivity contribution in [2.75, 3.05) is 0 Å². The van der Waals surface area contributed by atoms with Gasteiger partial charge in [0.15, 0.2) is 0 Å². The quantitative estimate of drug-likeness (QED) is 0.680. The Morgan fingerprint density at radius 2 is 1.94 bits per heavy atom. The second-order valence-corrected chi connectivity index (χ2v) is 5.85. The number of carboxylic acids is 1. The van der Waals surface area contributed by atoms with Crippen LogP contribution >= 0.6 is 0 Å². The fraction of sp³-hybridized carbons (Fsp3) is 0.833. The van der Waals surface area contributed by atoms with E-state index < -0.39 is 17.4 Å². The van der Waals surface area contributed by atoms with E-state index in [0.29, 0.717) is 0 Å². The molecule has 0 radical (unpaired) electrons. The molecule has 5 heteroatoms. The van der Waals surface area contributed by atoms with E-state index >= 15 is 0 Å². The van der Waals surface area contributed by atoms with E-state index in [9.17, 15) is 9.59 Å². The zero-order valence-electron chi connectivity index (χ0n) is 10.7. The molecule has 1 amide bonds.